The third-order valence-electron chi connectivity index (χ3n) is 3.95. The molecule has 2 heterocycles. The van der Waals surface area contributed by atoms with Crippen LogP contribution in [0.4, 0.5) is 5.69 Å². The molecule has 9 nitrogen and oxygen atoms in total. The number of anilines is 1. The third kappa shape index (κ3) is 4.48. The van der Waals surface area contributed by atoms with E-state index >= 15 is 0 Å². The number of carbonyl (C=O) groups excluding carboxylic acids is 2. The van der Waals surface area contributed by atoms with Gasteiger partial charge in [-0.15, -0.1) is 0 Å². The average molecular weight is 383 g/mol. The first kappa shape index (κ1) is 19.0. The molecular formula is C19H17N3O6. The van der Waals surface area contributed by atoms with E-state index in [9.17, 15) is 14.8 Å². The quantitative estimate of drug-likeness (QED) is 0.418. The summed E-state index contributed by atoms with van der Waals surface area (Å²) in [5, 5.41) is 19.9. The second-order valence-corrected chi connectivity index (χ2v) is 5.80. The van der Waals surface area contributed by atoms with E-state index in [4.69, 9.17) is 19.5 Å². The van der Waals surface area contributed by atoms with Crippen molar-refractivity contribution in [2.24, 2.45) is 0 Å². The van der Waals surface area contributed by atoms with Gasteiger partial charge in [-0.25, -0.2) is 4.79 Å². The van der Waals surface area contributed by atoms with E-state index in [0.717, 1.165) is 12.4 Å². The molecule has 0 bridgehead atoms. The lowest BCUT2D eigenvalue weighted by Crippen LogP contribution is -2.35. The maximum absolute atomic E-state index is 12.6. The van der Waals surface area contributed by atoms with Gasteiger partial charge in [0.15, 0.2) is 30.5 Å². The zero-order chi connectivity index (χ0) is 19.9. The first-order valence-corrected chi connectivity index (χ1v) is 8.51. The monoisotopic (exact) mass is 383 g/mol. The van der Waals surface area contributed by atoms with Crippen LogP contribution in [0.1, 0.15) is 16.8 Å². The number of nitrogens with zero attached hydrogens (tertiary/aromatic N) is 3. The van der Waals surface area contributed by atoms with Crippen molar-refractivity contribution in [2.45, 2.75) is 6.42 Å². The van der Waals surface area contributed by atoms with E-state index < -0.39 is 18.5 Å². The minimum absolute atomic E-state index is 0.107. The van der Waals surface area contributed by atoms with Crippen molar-refractivity contribution >= 4 is 17.6 Å². The molecule has 2 aromatic rings. The van der Waals surface area contributed by atoms with E-state index in [-0.39, 0.29) is 18.5 Å². The largest absolute Gasteiger partial charge is 0.619 e. The summed E-state index contributed by atoms with van der Waals surface area (Å²) in [5.74, 6) is -0.133. The van der Waals surface area contributed by atoms with Crippen LogP contribution in [0.15, 0.2) is 42.7 Å². The molecule has 144 valence electrons. The molecule has 0 unspecified atom stereocenters. The summed E-state index contributed by atoms with van der Waals surface area (Å²) >= 11 is 0. The fourth-order valence-corrected chi connectivity index (χ4v) is 2.60. The normalized spacial score (nSPS) is 12.0. The molecular weight excluding hydrogens is 366 g/mol. The zero-order valence-electron chi connectivity index (χ0n) is 14.9. The number of nitriles is 1. The molecule has 0 fully saturated rings. The Morgan fingerprint density at radius 3 is 2.61 bits per heavy atom. The number of esters is 1. The van der Waals surface area contributed by atoms with Gasteiger partial charge in [0.05, 0.1) is 18.1 Å². The van der Waals surface area contributed by atoms with Crippen LogP contribution in [-0.2, 0) is 9.53 Å². The number of aromatic nitrogens is 1. The number of hydrogen-bond donors (Lipinski definition) is 0. The van der Waals surface area contributed by atoms with Gasteiger partial charge in [-0.1, -0.05) is 0 Å². The third-order valence-corrected chi connectivity index (χ3v) is 3.95. The van der Waals surface area contributed by atoms with Crippen LogP contribution in [0.2, 0.25) is 0 Å². The molecule has 1 aromatic heterocycles. The lowest BCUT2D eigenvalue weighted by Gasteiger charge is -2.24. The SMILES string of the molecule is N#CCCN(C(=O)COC(=O)c1cc[n+]([O-])cc1)c1ccc2c(c1)OCCO2. The van der Waals surface area contributed by atoms with Crippen LogP contribution in [0, 0.1) is 16.5 Å². The Balaban J connectivity index is 1.70. The Hall–Kier alpha value is -3.80. The van der Waals surface area contributed by atoms with Crippen LogP contribution in [0.3, 0.4) is 0 Å². The van der Waals surface area contributed by atoms with Gasteiger partial charge in [0.2, 0.25) is 0 Å². The minimum atomic E-state index is -0.726. The summed E-state index contributed by atoms with van der Waals surface area (Å²) in [6.07, 6.45) is 2.43. The van der Waals surface area contributed by atoms with Crippen molar-refractivity contribution < 1.29 is 28.5 Å². The van der Waals surface area contributed by atoms with Crippen molar-refractivity contribution in [3.8, 4) is 17.6 Å². The van der Waals surface area contributed by atoms with Gasteiger partial charge in [0, 0.05) is 30.4 Å². The second kappa shape index (κ2) is 8.73. The topological polar surface area (TPSA) is 116 Å². The van der Waals surface area contributed by atoms with E-state index in [0.29, 0.717) is 35.1 Å². The van der Waals surface area contributed by atoms with E-state index in [2.05, 4.69) is 0 Å². The van der Waals surface area contributed by atoms with Gasteiger partial charge >= 0.3 is 5.97 Å². The highest BCUT2D eigenvalue weighted by molar-refractivity contribution is 5.97. The molecule has 1 aliphatic heterocycles. The summed E-state index contributed by atoms with van der Waals surface area (Å²) in [4.78, 5) is 26.0. The van der Waals surface area contributed by atoms with Gasteiger partial charge in [0.1, 0.15) is 13.2 Å². The molecule has 28 heavy (non-hydrogen) atoms. The first-order valence-electron chi connectivity index (χ1n) is 8.51. The molecule has 1 amide bonds. The first-order chi connectivity index (χ1) is 13.6. The van der Waals surface area contributed by atoms with Crippen LogP contribution < -0.4 is 19.1 Å². The Morgan fingerprint density at radius 1 is 1.18 bits per heavy atom. The van der Waals surface area contributed by atoms with Crippen molar-refractivity contribution in [1.82, 2.24) is 0 Å². The number of benzene rings is 1. The zero-order valence-corrected chi connectivity index (χ0v) is 14.9. The molecule has 9 heteroatoms. The molecule has 0 atom stereocenters. The molecule has 0 saturated carbocycles. The fraction of sp³-hybridized carbons (Fsp3) is 0.263. The van der Waals surface area contributed by atoms with Gasteiger partial charge in [-0.2, -0.15) is 9.99 Å². The lowest BCUT2D eigenvalue weighted by atomic mass is 10.2. The lowest BCUT2D eigenvalue weighted by molar-refractivity contribution is -0.605. The highest BCUT2D eigenvalue weighted by atomic mass is 16.6. The Morgan fingerprint density at radius 2 is 1.89 bits per heavy atom. The number of pyridine rings is 1. The Bertz CT molecular complexity index is 907. The van der Waals surface area contributed by atoms with Crippen molar-refractivity contribution in [1.29, 1.82) is 5.26 Å². The van der Waals surface area contributed by atoms with Crippen molar-refractivity contribution in [3.05, 3.63) is 53.5 Å². The summed E-state index contributed by atoms with van der Waals surface area (Å²) in [6, 6.07) is 9.60. The second-order valence-electron chi connectivity index (χ2n) is 5.80. The molecule has 0 spiro atoms. The smallest absolute Gasteiger partial charge is 0.339 e. The van der Waals surface area contributed by atoms with Gasteiger partial charge in [-0.05, 0) is 12.1 Å². The van der Waals surface area contributed by atoms with E-state index in [1.165, 1.54) is 17.0 Å². The maximum Gasteiger partial charge on any atom is 0.339 e. The van der Waals surface area contributed by atoms with Gasteiger partial charge < -0.3 is 24.3 Å². The molecule has 0 N–H and O–H groups in total. The maximum atomic E-state index is 12.6. The minimum Gasteiger partial charge on any atom is -0.619 e. The number of carbonyl (C=O) groups is 2. The van der Waals surface area contributed by atoms with Crippen LogP contribution in [0.5, 0.6) is 11.5 Å². The number of fused-ring (bicyclic) bond motifs is 1. The van der Waals surface area contributed by atoms with E-state index in [1.54, 1.807) is 18.2 Å². The Kier molecular flexibility index (Phi) is 5.91. The predicted molar refractivity (Wildman–Crippen MR) is 95.7 cm³/mol. The summed E-state index contributed by atoms with van der Waals surface area (Å²) in [7, 11) is 0. The van der Waals surface area contributed by atoms with E-state index in [1.807, 2.05) is 6.07 Å². The van der Waals surface area contributed by atoms with Gasteiger partial charge in [0.25, 0.3) is 5.91 Å². The summed E-state index contributed by atoms with van der Waals surface area (Å²) in [6.45, 7) is 0.477. The number of ether oxygens (including phenoxy) is 3. The molecule has 0 aliphatic carbocycles. The van der Waals surface area contributed by atoms with Gasteiger partial charge in [-0.3, -0.25) is 4.79 Å². The highest BCUT2D eigenvalue weighted by Gasteiger charge is 2.21. The van der Waals surface area contributed by atoms with Crippen LogP contribution >= 0.6 is 0 Å². The molecule has 1 aliphatic rings. The van der Waals surface area contributed by atoms with Crippen LogP contribution in [-0.4, -0.2) is 38.2 Å². The van der Waals surface area contributed by atoms with Crippen LogP contribution in [0.25, 0.3) is 0 Å². The fourth-order valence-electron chi connectivity index (χ4n) is 2.60. The predicted octanol–water partition coefficient (Wildman–Crippen LogP) is 1.19. The molecule has 1 aromatic carbocycles. The van der Waals surface area contributed by atoms with Crippen molar-refractivity contribution in [2.75, 3.05) is 31.3 Å². The molecule has 0 saturated heterocycles. The molecule has 3 rings (SSSR count). The Labute approximate surface area is 160 Å². The number of rotatable bonds is 6. The highest BCUT2D eigenvalue weighted by Crippen LogP contribution is 2.34. The average Bonchev–Trinajstić information content (AvgIpc) is 2.72. The molecule has 0 radical (unpaired) electrons. The summed E-state index contributed by atoms with van der Waals surface area (Å²) < 4.78 is 16.6. The van der Waals surface area contributed by atoms with Crippen molar-refractivity contribution in [3.63, 3.8) is 0 Å². The number of amides is 1. The summed E-state index contributed by atoms with van der Waals surface area (Å²) in [5.41, 5.74) is 0.662. The standard InChI is InChI=1S/C19H17N3O6/c20-6-1-7-22(15-2-3-16-17(12-15)27-11-10-26-16)18(23)13-28-19(24)14-4-8-21(25)9-5-14/h2-5,8-9,12H,1,7,10-11,13H2. The number of hydrogen-bond acceptors (Lipinski definition) is 7.